The van der Waals surface area contributed by atoms with E-state index >= 15 is 0 Å². The van der Waals surface area contributed by atoms with Crippen LogP contribution in [0.25, 0.3) is 0 Å². The zero-order valence-corrected chi connectivity index (χ0v) is 13.4. The Morgan fingerprint density at radius 2 is 2.15 bits per heavy atom. The van der Waals surface area contributed by atoms with Gasteiger partial charge in [0.1, 0.15) is 4.99 Å². The van der Waals surface area contributed by atoms with Gasteiger partial charge in [-0.3, -0.25) is 4.79 Å². The molecule has 1 aliphatic heterocycles. The maximum atomic E-state index is 14.4. The van der Waals surface area contributed by atoms with E-state index in [0.717, 1.165) is 0 Å². The van der Waals surface area contributed by atoms with Crippen LogP contribution in [0.1, 0.15) is 18.9 Å². The fourth-order valence-corrected chi connectivity index (χ4v) is 3.19. The first kappa shape index (κ1) is 15.2. The first-order valence-electron chi connectivity index (χ1n) is 6.09. The van der Waals surface area contributed by atoms with Crippen molar-refractivity contribution in [2.75, 3.05) is 18.0 Å². The topological polar surface area (TPSA) is 72.4 Å². The number of nitrogens with zero attached hydrogens (tertiary/aromatic N) is 1. The van der Waals surface area contributed by atoms with Crippen molar-refractivity contribution in [1.82, 2.24) is 0 Å². The van der Waals surface area contributed by atoms with Gasteiger partial charge in [0.05, 0.1) is 15.6 Å². The number of hydrogen-bond donors (Lipinski definition) is 2. The molecule has 0 bridgehead atoms. The van der Waals surface area contributed by atoms with E-state index in [4.69, 9.17) is 23.7 Å². The largest absolute Gasteiger partial charge is 0.389 e. The molecule has 0 aliphatic carbocycles. The van der Waals surface area contributed by atoms with E-state index in [1.54, 1.807) is 19.1 Å². The maximum absolute atomic E-state index is 14.4. The standard InChI is InChI=1S/C13H15BrFN3OS/c1-13(12(17)19)4-5-18(6-13)8-3-2-7(11(16)20)9(14)10(8)15/h2-3H,4-6H2,1H3,(H2,16,20)(H2,17,19). The zero-order chi connectivity index (χ0) is 15.1. The van der Waals surface area contributed by atoms with Gasteiger partial charge in [0, 0.05) is 18.7 Å². The van der Waals surface area contributed by atoms with Gasteiger partial charge >= 0.3 is 0 Å². The molecule has 4 nitrogen and oxygen atoms in total. The average molecular weight is 360 g/mol. The van der Waals surface area contributed by atoms with Crippen LogP contribution in [0.2, 0.25) is 0 Å². The lowest BCUT2D eigenvalue weighted by Crippen LogP contribution is -2.37. The van der Waals surface area contributed by atoms with Crippen LogP contribution in [-0.2, 0) is 4.79 Å². The zero-order valence-electron chi connectivity index (χ0n) is 11.0. The number of amides is 1. The Balaban J connectivity index is 2.34. The molecule has 108 valence electrons. The van der Waals surface area contributed by atoms with Crippen molar-refractivity contribution in [3.8, 4) is 0 Å². The summed E-state index contributed by atoms with van der Waals surface area (Å²) in [7, 11) is 0. The predicted molar refractivity (Wildman–Crippen MR) is 84.1 cm³/mol. The minimum atomic E-state index is -0.624. The number of hydrogen-bond acceptors (Lipinski definition) is 3. The molecule has 1 heterocycles. The first-order valence-corrected chi connectivity index (χ1v) is 7.29. The molecule has 1 aliphatic rings. The number of thiocarbonyl (C=S) groups is 1. The summed E-state index contributed by atoms with van der Waals surface area (Å²) < 4.78 is 14.7. The quantitative estimate of drug-likeness (QED) is 0.808. The highest BCUT2D eigenvalue weighted by atomic mass is 79.9. The highest BCUT2D eigenvalue weighted by molar-refractivity contribution is 9.10. The number of primary amides is 1. The summed E-state index contributed by atoms with van der Waals surface area (Å²) in [5, 5.41) is 0. The summed E-state index contributed by atoms with van der Waals surface area (Å²) in [6.07, 6.45) is 0.608. The van der Waals surface area contributed by atoms with Gasteiger partial charge in [0.25, 0.3) is 0 Å². The Bertz CT molecular complexity index is 595. The van der Waals surface area contributed by atoms with Gasteiger partial charge in [0.2, 0.25) is 5.91 Å². The number of nitrogens with two attached hydrogens (primary N) is 2. The molecule has 1 amide bonds. The van der Waals surface area contributed by atoms with Gasteiger partial charge in [-0.2, -0.15) is 0 Å². The van der Waals surface area contributed by atoms with E-state index < -0.39 is 11.2 Å². The molecule has 1 fully saturated rings. The third kappa shape index (κ3) is 2.52. The van der Waals surface area contributed by atoms with Crippen molar-refractivity contribution in [1.29, 1.82) is 0 Å². The molecule has 1 unspecified atom stereocenters. The molecule has 1 saturated heterocycles. The van der Waals surface area contributed by atoms with Crippen LogP contribution in [0.4, 0.5) is 10.1 Å². The molecule has 0 radical (unpaired) electrons. The van der Waals surface area contributed by atoms with Crippen molar-refractivity contribution in [2.45, 2.75) is 13.3 Å². The number of carbonyl (C=O) groups excluding carboxylic acids is 1. The molecule has 4 N–H and O–H groups in total. The predicted octanol–water partition coefficient (Wildman–Crippen LogP) is 1.92. The van der Waals surface area contributed by atoms with Gasteiger partial charge in [-0.1, -0.05) is 12.2 Å². The fourth-order valence-electron chi connectivity index (χ4n) is 2.34. The van der Waals surface area contributed by atoms with Gasteiger partial charge in [-0.05, 0) is 41.4 Å². The van der Waals surface area contributed by atoms with Gasteiger partial charge in [-0.25, -0.2) is 4.39 Å². The lowest BCUT2D eigenvalue weighted by atomic mass is 9.89. The molecule has 2 rings (SSSR count). The number of halogens is 2. The second-order valence-electron chi connectivity index (χ2n) is 5.22. The van der Waals surface area contributed by atoms with E-state index in [2.05, 4.69) is 15.9 Å². The number of rotatable bonds is 3. The average Bonchev–Trinajstić information content (AvgIpc) is 2.76. The smallest absolute Gasteiger partial charge is 0.225 e. The van der Waals surface area contributed by atoms with Crippen molar-refractivity contribution in [3.63, 3.8) is 0 Å². The van der Waals surface area contributed by atoms with Crippen molar-refractivity contribution in [3.05, 3.63) is 28.0 Å². The van der Waals surface area contributed by atoms with Crippen LogP contribution in [0.5, 0.6) is 0 Å². The summed E-state index contributed by atoms with van der Waals surface area (Å²) in [6, 6.07) is 3.30. The van der Waals surface area contributed by atoms with E-state index in [9.17, 15) is 9.18 Å². The van der Waals surface area contributed by atoms with Crippen molar-refractivity contribution in [2.24, 2.45) is 16.9 Å². The summed E-state index contributed by atoms with van der Waals surface area (Å²) >= 11 is 8.04. The Hall–Kier alpha value is -1.21. The molecule has 0 aromatic heterocycles. The van der Waals surface area contributed by atoms with E-state index in [1.165, 1.54) is 0 Å². The molecule has 0 spiro atoms. The highest BCUT2D eigenvalue weighted by Gasteiger charge is 2.39. The van der Waals surface area contributed by atoms with E-state index in [-0.39, 0.29) is 15.4 Å². The molecular formula is C13H15BrFN3OS. The third-order valence-corrected chi connectivity index (χ3v) is 4.73. The molecule has 1 aromatic rings. The first-order chi connectivity index (χ1) is 9.26. The lowest BCUT2D eigenvalue weighted by molar-refractivity contribution is -0.125. The SMILES string of the molecule is CC1(C(N)=O)CCN(c2ccc(C(N)=S)c(Br)c2F)C1. The monoisotopic (exact) mass is 359 g/mol. The summed E-state index contributed by atoms with van der Waals surface area (Å²) in [5.41, 5.74) is 11.2. The van der Waals surface area contributed by atoms with Gasteiger partial charge in [-0.15, -0.1) is 0 Å². The van der Waals surface area contributed by atoms with Crippen molar-refractivity contribution >= 4 is 44.7 Å². The second kappa shape index (κ2) is 5.29. The Labute approximate surface area is 130 Å². The number of anilines is 1. The van der Waals surface area contributed by atoms with Crippen LogP contribution in [-0.4, -0.2) is 24.0 Å². The number of carbonyl (C=O) groups is 1. The highest BCUT2D eigenvalue weighted by Crippen LogP contribution is 2.36. The summed E-state index contributed by atoms with van der Waals surface area (Å²) in [6.45, 7) is 2.78. The summed E-state index contributed by atoms with van der Waals surface area (Å²) in [4.78, 5) is 13.4. The van der Waals surface area contributed by atoms with Crippen LogP contribution in [0.3, 0.4) is 0 Å². The minimum absolute atomic E-state index is 0.130. The Morgan fingerprint density at radius 1 is 1.50 bits per heavy atom. The third-order valence-electron chi connectivity index (χ3n) is 3.74. The second-order valence-corrected chi connectivity index (χ2v) is 6.45. The van der Waals surface area contributed by atoms with E-state index in [1.807, 2.05) is 4.90 Å². The molecular weight excluding hydrogens is 345 g/mol. The Morgan fingerprint density at radius 3 is 2.65 bits per heavy atom. The molecule has 0 saturated carbocycles. The minimum Gasteiger partial charge on any atom is -0.389 e. The molecule has 20 heavy (non-hydrogen) atoms. The fraction of sp³-hybridized carbons (Fsp3) is 0.385. The summed E-state index contributed by atoms with van der Waals surface area (Å²) in [5.74, 6) is -0.789. The molecule has 1 atom stereocenters. The van der Waals surface area contributed by atoms with Gasteiger partial charge < -0.3 is 16.4 Å². The normalized spacial score (nSPS) is 22.1. The molecule has 7 heteroatoms. The maximum Gasteiger partial charge on any atom is 0.225 e. The molecule has 1 aromatic carbocycles. The van der Waals surface area contributed by atoms with Crippen LogP contribution >= 0.6 is 28.1 Å². The van der Waals surface area contributed by atoms with Crippen LogP contribution in [0, 0.1) is 11.2 Å². The lowest BCUT2D eigenvalue weighted by Gasteiger charge is -2.23. The number of benzene rings is 1. The van der Waals surface area contributed by atoms with Crippen LogP contribution in [0.15, 0.2) is 16.6 Å². The van der Waals surface area contributed by atoms with Crippen LogP contribution < -0.4 is 16.4 Å². The van der Waals surface area contributed by atoms with Gasteiger partial charge in [0.15, 0.2) is 5.82 Å². The van der Waals surface area contributed by atoms with E-state index in [0.29, 0.717) is 30.8 Å². The Kier molecular flexibility index (Phi) is 4.02. The van der Waals surface area contributed by atoms with Crippen molar-refractivity contribution < 1.29 is 9.18 Å².